The van der Waals surface area contributed by atoms with Crippen LogP contribution in [0.25, 0.3) is 10.4 Å². The van der Waals surface area contributed by atoms with Crippen molar-refractivity contribution >= 4 is 22.4 Å². The van der Waals surface area contributed by atoms with Gasteiger partial charge in [0.15, 0.2) is 5.13 Å². The summed E-state index contributed by atoms with van der Waals surface area (Å²) in [7, 11) is 0. The van der Waals surface area contributed by atoms with Crippen LogP contribution >= 0.6 is 11.3 Å². The van der Waals surface area contributed by atoms with E-state index in [0.717, 1.165) is 65.0 Å². The Bertz CT molecular complexity index is 863. The molecule has 1 aliphatic carbocycles. The van der Waals surface area contributed by atoms with Gasteiger partial charge in [0, 0.05) is 30.4 Å². The van der Waals surface area contributed by atoms with Crippen molar-refractivity contribution in [1.82, 2.24) is 15.3 Å². The number of morpholine rings is 1. The van der Waals surface area contributed by atoms with Gasteiger partial charge in [-0.25, -0.2) is 4.98 Å². The van der Waals surface area contributed by atoms with Crippen LogP contribution in [0.5, 0.6) is 0 Å². The van der Waals surface area contributed by atoms with Crippen LogP contribution in [0.2, 0.25) is 0 Å². The summed E-state index contributed by atoms with van der Waals surface area (Å²) in [6, 6.07) is 4.21. The molecule has 2 aliphatic rings. The van der Waals surface area contributed by atoms with Gasteiger partial charge < -0.3 is 15.0 Å². The SMILES string of the molecule is Cc1cc(-c2sc(N3CC(C)OC(C)C3)nc2CNC(=O)C2CCC2)cc(C)n1. The molecule has 2 atom stereocenters. The molecule has 0 bridgehead atoms. The van der Waals surface area contributed by atoms with Crippen molar-refractivity contribution in [2.75, 3.05) is 18.0 Å². The Hall–Kier alpha value is -1.99. The second-order valence-electron chi connectivity index (χ2n) is 8.42. The Balaban J connectivity index is 1.63. The molecule has 4 rings (SSSR count). The predicted molar refractivity (Wildman–Crippen MR) is 116 cm³/mol. The molecule has 7 heteroatoms. The number of anilines is 1. The number of aryl methyl sites for hydroxylation is 2. The Labute approximate surface area is 176 Å². The minimum Gasteiger partial charge on any atom is -0.372 e. The van der Waals surface area contributed by atoms with Gasteiger partial charge in [0.25, 0.3) is 0 Å². The quantitative estimate of drug-likeness (QED) is 0.805. The molecule has 1 saturated heterocycles. The molecule has 3 heterocycles. The molecule has 2 unspecified atom stereocenters. The van der Waals surface area contributed by atoms with E-state index < -0.39 is 0 Å². The molecule has 6 nitrogen and oxygen atoms in total. The second-order valence-corrected chi connectivity index (χ2v) is 9.40. The van der Waals surface area contributed by atoms with Gasteiger partial charge in [0.1, 0.15) is 0 Å². The van der Waals surface area contributed by atoms with Gasteiger partial charge in [-0.3, -0.25) is 9.78 Å². The van der Waals surface area contributed by atoms with Gasteiger partial charge in [0.05, 0.1) is 29.3 Å². The number of hydrogen-bond acceptors (Lipinski definition) is 6. The fourth-order valence-corrected chi connectivity index (χ4v) is 5.19. The lowest BCUT2D eigenvalue weighted by atomic mass is 9.85. The minimum absolute atomic E-state index is 0.160. The number of nitrogens with zero attached hydrogens (tertiary/aromatic N) is 3. The van der Waals surface area contributed by atoms with E-state index in [2.05, 4.69) is 41.2 Å². The Kier molecular flexibility index (Phi) is 5.88. The van der Waals surface area contributed by atoms with Gasteiger partial charge in [-0.05, 0) is 58.2 Å². The van der Waals surface area contributed by atoms with E-state index in [1.807, 2.05) is 13.8 Å². The molecule has 1 amide bonds. The second kappa shape index (κ2) is 8.40. The first-order valence-electron chi connectivity index (χ1n) is 10.5. The van der Waals surface area contributed by atoms with Crippen LogP contribution in [0.4, 0.5) is 5.13 Å². The summed E-state index contributed by atoms with van der Waals surface area (Å²) >= 11 is 1.70. The zero-order valence-electron chi connectivity index (χ0n) is 17.7. The summed E-state index contributed by atoms with van der Waals surface area (Å²) in [5.74, 6) is 0.343. The fourth-order valence-electron chi connectivity index (χ4n) is 4.11. The van der Waals surface area contributed by atoms with Crippen LogP contribution < -0.4 is 10.2 Å². The van der Waals surface area contributed by atoms with E-state index in [1.54, 1.807) is 11.3 Å². The number of ether oxygens (including phenoxy) is 1. The monoisotopic (exact) mass is 414 g/mol. The number of carbonyl (C=O) groups excluding carboxylic acids is 1. The highest BCUT2D eigenvalue weighted by Crippen LogP contribution is 2.37. The summed E-state index contributed by atoms with van der Waals surface area (Å²) in [4.78, 5) is 25.3. The smallest absolute Gasteiger partial charge is 0.223 e. The molecule has 0 aromatic carbocycles. The molecule has 2 fully saturated rings. The zero-order chi connectivity index (χ0) is 20.5. The van der Waals surface area contributed by atoms with Crippen molar-refractivity contribution in [2.45, 2.75) is 65.7 Å². The molecule has 2 aromatic rings. The Morgan fingerprint density at radius 2 is 1.83 bits per heavy atom. The third-order valence-electron chi connectivity index (χ3n) is 5.63. The highest BCUT2D eigenvalue weighted by molar-refractivity contribution is 7.19. The number of nitrogens with one attached hydrogen (secondary N) is 1. The molecular weight excluding hydrogens is 384 g/mol. The topological polar surface area (TPSA) is 67.3 Å². The number of carbonyl (C=O) groups is 1. The van der Waals surface area contributed by atoms with E-state index >= 15 is 0 Å². The Morgan fingerprint density at radius 3 is 2.41 bits per heavy atom. The highest BCUT2D eigenvalue weighted by Gasteiger charge is 2.28. The average molecular weight is 415 g/mol. The van der Waals surface area contributed by atoms with Crippen molar-refractivity contribution in [2.24, 2.45) is 5.92 Å². The van der Waals surface area contributed by atoms with Gasteiger partial charge in [-0.15, -0.1) is 0 Å². The van der Waals surface area contributed by atoms with Crippen molar-refractivity contribution in [3.05, 3.63) is 29.2 Å². The molecule has 29 heavy (non-hydrogen) atoms. The summed E-state index contributed by atoms with van der Waals surface area (Å²) in [5.41, 5.74) is 4.05. The van der Waals surface area contributed by atoms with Crippen LogP contribution in [0.1, 0.15) is 50.2 Å². The lowest BCUT2D eigenvalue weighted by molar-refractivity contribution is -0.127. The molecule has 1 N–H and O–H groups in total. The summed E-state index contributed by atoms with van der Waals surface area (Å²) < 4.78 is 5.89. The molecule has 0 radical (unpaired) electrons. The highest BCUT2D eigenvalue weighted by atomic mass is 32.1. The lowest BCUT2D eigenvalue weighted by Gasteiger charge is -2.35. The van der Waals surface area contributed by atoms with Crippen LogP contribution in [-0.4, -0.2) is 41.2 Å². The first-order valence-corrected chi connectivity index (χ1v) is 11.3. The standard InChI is InChI=1S/C22H30N4O2S/c1-13-8-18(9-14(2)24-13)20-19(10-23-21(27)17-6-5-7-17)25-22(29-20)26-11-15(3)28-16(4)12-26/h8-9,15-17H,5-7,10-12H2,1-4H3,(H,23,27). The predicted octanol–water partition coefficient (Wildman–Crippen LogP) is 3.85. The number of amides is 1. The van der Waals surface area contributed by atoms with E-state index in [9.17, 15) is 4.79 Å². The zero-order valence-corrected chi connectivity index (χ0v) is 18.5. The third kappa shape index (κ3) is 4.61. The third-order valence-corrected chi connectivity index (χ3v) is 6.83. The molecule has 0 spiro atoms. The molecular formula is C22H30N4O2S. The first-order chi connectivity index (χ1) is 13.9. The van der Waals surface area contributed by atoms with Crippen molar-refractivity contribution in [1.29, 1.82) is 0 Å². The first kappa shape index (κ1) is 20.3. The van der Waals surface area contributed by atoms with E-state index in [4.69, 9.17) is 9.72 Å². The summed E-state index contributed by atoms with van der Waals surface area (Å²) in [6.45, 7) is 10.4. The molecule has 1 saturated carbocycles. The molecule has 2 aromatic heterocycles. The number of hydrogen-bond donors (Lipinski definition) is 1. The number of thiazole rings is 1. The van der Waals surface area contributed by atoms with Crippen molar-refractivity contribution in [3.8, 4) is 10.4 Å². The van der Waals surface area contributed by atoms with E-state index in [1.165, 1.54) is 0 Å². The average Bonchev–Trinajstić information content (AvgIpc) is 3.01. The number of rotatable bonds is 5. The summed E-state index contributed by atoms with van der Waals surface area (Å²) in [6.07, 6.45) is 3.53. The van der Waals surface area contributed by atoms with E-state index in [0.29, 0.717) is 6.54 Å². The number of pyridine rings is 1. The van der Waals surface area contributed by atoms with Gasteiger partial charge in [-0.2, -0.15) is 0 Å². The Morgan fingerprint density at radius 1 is 1.17 bits per heavy atom. The van der Waals surface area contributed by atoms with Crippen LogP contribution in [0.15, 0.2) is 12.1 Å². The largest absolute Gasteiger partial charge is 0.372 e. The van der Waals surface area contributed by atoms with Crippen LogP contribution in [-0.2, 0) is 16.1 Å². The molecule has 156 valence electrons. The minimum atomic E-state index is 0.160. The maximum Gasteiger partial charge on any atom is 0.223 e. The maximum absolute atomic E-state index is 12.4. The van der Waals surface area contributed by atoms with E-state index in [-0.39, 0.29) is 24.0 Å². The van der Waals surface area contributed by atoms with Crippen molar-refractivity contribution < 1.29 is 9.53 Å². The number of aromatic nitrogens is 2. The maximum atomic E-state index is 12.4. The van der Waals surface area contributed by atoms with Crippen LogP contribution in [0.3, 0.4) is 0 Å². The summed E-state index contributed by atoms with van der Waals surface area (Å²) in [5, 5.41) is 4.12. The van der Waals surface area contributed by atoms with Crippen LogP contribution in [0, 0.1) is 19.8 Å². The molecule has 1 aliphatic heterocycles. The van der Waals surface area contributed by atoms with Gasteiger partial charge >= 0.3 is 0 Å². The van der Waals surface area contributed by atoms with Gasteiger partial charge in [0.2, 0.25) is 5.91 Å². The normalized spacial score (nSPS) is 22.4. The van der Waals surface area contributed by atoms with Gasteiger partial charge in [-0.1, -0.05) is 17.8 Å². The lowest BCUT2D eigenvalue weighted by Crippen LogP contribution is -2.45. The fraction of sp³-hybridized carbons (Fsp3) is 0.591. The van der Waals surface area contributed by atoms with Crippen molar-refractivity contribution in [3.63, 3.8) is 0 Å².